The summed E-state index contributed by atoms with van der Waals surface area (Å²) in [6, 6.07) is 26.0. The Hall–Kier alpha value is -3.13. The fourth-order valence-corrected chi connectivity index (χ4v) is 3.46. The highest BCUT2D eigenvalue weighted by Crippen LogP contribution is 2.45. The lowest BCUT2D eigenvalue weighted by molar-refractivity contribution is -0.105. The van der Waals surface area contributed by atoms with Gasteiger partial charge in [-0.15, -0.1) is 0 Å². The first-order chi connectivity index (χ1) is 12.3. The van der Waals surface area contributed by atoms with Gasteiger partial charge in [-0.1, -0.05) is 72.8 Å². The highest BCUT2D eigenvalue weighted by Gasteiger charge is 2.31. The van der Waals surface area contributed by atoms with Crippen molar-refractivity contribution in [3.05, 3.63) is 107 Å². The highest BCUT2D eigenvalue weighted by atomic mass is 16.5. The van der Waals surface area contributed by atoms with E-state index >= 15 is 0 Å². The van der Waals surface area contributed by atoms with Crippen LogP contribution in [0, 0.1) is 6.92 Å². The van der Waals surface area contributed by atoms with Gasteiger partial charge in [-0.25, -0.2) is 0 Å². The van der Waals surface area contributed by atoms with Gasteiger partial charge in [0.2, 0.25) is 0 Å². The third-order valence-corrected chi connectivity index (χ3v) is 4.68. The molecule has 0 N–H and O–H groups in total. The molecule has 2 nitrogen and oxygen atoms in total. The normalized spacial score (nSPS) is 16.1. The Kier molecular flexibility index (Phi) is 3.95. The Labute approximate surface area is 147 Å². The largest absolute Gasteiger partial charge is 0.456 e. The number of benzene rings is 3. The molecule has 0 aromatic heterocycles. The molecule has 1 aliphatic rings. The first kappa shape index (κ1) is 15.4. The van der Waals surface area contributed by atoms with Crippen LogP contribution in [0.25, 0.3) is 5.76 Å². The lowest BCUT2D eigenvalue weighted by atomic mass is 9.80. The number of rotatable bonds is 3. The van der Waals surface area contributed by atoms with Crippen molar-refractivity contribution in [1.29, 1.82) is 0 Å². The summed E-state index contributed by atoms with van der Waals surface area (Å²) < 4.78 is 6.16. The van der Waals surface area contributed by atoms with Gasteiger partial charge < -0.3 is 4.74 Å². The number of carbonyl (C=O) groups excluding carboxylic acids is 1. The fraction of sp³-hybridized carbons (Fsp3) is 0.0870. The summed E-state index contributed by atoms with van der Waals surface area (Å²) in [5, 5.41) is 0. The second-order valence-electron chi connectivity index (χ2n) is 6.20. The first-order valence-electron chi connectivity index (χ1n) is 8.36. The molecular weight excluding hydrogens is 308 g/mol. The van der Waals surface area contributed by atoms with Gasteiger partial charge >= 0.3 is 0 Å². The van der Waals surface area contributed by atoms with Crippen LogP contribution in [0.15, 0.2) is 84.4 Å². The van der Waals surface area contributed by atoms with Gasteiger partial charge in [0.15, 0.2) is 6.29 Å². The molecular formula is C23H18O2. The summed E-state index contributed by atoms with van der Waals surface area (Å²) >= 11 is 0. The third kappa shape index (κ3) is 2.66. The number of para-hydroxylation sites is 1. The number of allylic oxidation sites excluding steroid dienone is 1. The van der Waals surface area contributed by atoms with Crippen LogP contribution in [0.2, 0.25) is 0 Å². The second kappa shape index (κ2) is 6.40. The van der Waals surface area contributed by atoms with Gasteiger partial charge in [-0.05, 0) is 24.1 Å². The number of aldehydes is 1. The van der Waals surface area contributed by atoms with Gasteiger partial charge in [-0.2, -0.15) is 0 Å². The molecule has 0 saturated carbocycles. The smallest absolute Gasteiger partial charge is 0.150 e. The second-order valence-corrected chi connectivity index (χ2v) is 6.20. The summed E-state index contributed by atoms with van der Waals surface area (Å²) in [5.74, 6) is 1.32. The van der Waals surface area contributed by atoms with Crippen molar-refractivity contribution in [2.24, 2.45) is 0 Å². The molecule has 0 radical (unpaired) electrons. The number of hydrogen-bond donors (Lipinski definition) is 0. The van der Waals surface area contributed by atoms with E-state index in [-0.39, 0.29) is 5.92 Å². The zero-order valence-corrected chi connectivity index (χ0v) is 14.0. The van der Waals surface area contributed by atoms with Crippen LogP contribution in [0.3, 0.4) is 0 Å². The summed E-state index contributed by atoms with van der Waals surface area (Å²) in [5.41, 5.74) is 4.90. The Balaban J connectivity index is 2.00. The summed E-state index contributed by atoms with van der Waals surface area (Å²) in [6.45, 7) is 2.08. The van der Waals surface area contributed by atoms with E-state index in [4.69, 9.17) is 4.74 Å². The number of fused-ring (bicyclic) bond motifs is 1. The van der Waals surface area contributed by atoms with Gasteiger partial charge in [0.1, 0.15) is 11.5 Å². The van der Waals surface area contributed by atoms with E-state index in [1.165, 1.54) is 0 Å². The molecule has 3 aromatic carbocycles. The molecule has 1 heterocycles. The number of aryl methyl sites for hydroxylation is 1. The molecule has 3 aromatic rings. The predicted molar refractivity (Wildman–Crippen MR) is 99.5 cm³/mol. The van der Waals surface area contributed by atoms with Crippen molar-refractivity contribution in [2.45, 2.75) is 12.8 Å². The quantitative estimate of drug-likeness (QED) is 0.624. The van der Waals surface area contributed by atoms with Crippen LogP contribution in [0.5, 0.6) is 5.75 Å². The zero-order valence-electron chi connectivity index (χ0n) is 14.0. The maximum atomic E-state index is 12.1. The van der Waals surface area contributed by atoms with Crippen molar-refractivity contribution in [3.8, 4) is 5.75 Å². The van der Waals surface area contributed by atoms with Gasteiger partial charge in [0.25, 0.3) is 0 Å². The van der Waals surface area contributed by atoms with Crippen LogP contribution >= 0.6 is 0 Å². The van der Waals surface area contributed by atoms with Crippen LogP contribution in [-0.2, 0) is 4.79 Å². The predicted octanol–water partition coefficient (Wildman–Crippen LogP) is 5.13. The lowest BCUT2D eigenvalue weighted by Crippen LogP contribution is -2.18. The average Bonchev–Trinajstić information content (AvgIpc) is 2.68. The Morgan fingerprint density at radius 2 is 1.44 bits per heavy atom. The monoisotopic (exact) mass is 326 g/mol. The molecule has 2 heteroatoms. The summed E-state index contributed by atoms with van der Waals surface area (Å²) in [4.78, 5) is 12.1. The van der Waals surface area contributed by atoms with E-state index in [0.717, 1.165) is 34.3 Å². The Morgan fingerprint density at radius 1 is 0.800 bits per heavy atom. The van der Waals surface area contributed by atoms with Crippen molar-refractivity contribution in [1.82, 2.24) is 0 Å². The molecule has 0 saturated heterocycles. The molecule has 25 heavy (non-hydrogen) atoms. The fourth-order valence-electron chi connectivity index (χ4n) is 3.46. The summed E-state index contributed by atoms with van der Waals surface area (Å²) in [7, 11) is 0. The minimum Gasteiger partial charge on any atom is -0.456 e. The maximum absolute atomic E-state index is 12.1. The minimum absolute atomic E-state index is 0.126. The van der Waals surface area contributed by atoms with E-state index in [0.29, 0.717) is 11.3 Å². The third-order valence-electron chi connectivity index (χ3n) is 4.68. The Morgan fingerprint density at radius 3 is 2.16 bits per heavy atom. The van der Waals surface area contributed by atoms with Crippen LogP contribution in [0.1, 0.15) is 28.2 Å². The van der Waals surface area contributed by atoms with Crippen LogP contribution in [0.4, 0.5) is 0 Å². The molecule has 0 spiro atoms. The van der Waals surface area contributed by atoms with Crippen LogP contribution in [-0.4, -0.2) is 6.29 Å². The van der Waals surface area contributed by atoms with E-state index in [9.17, 15) is 4.79 Å². The van der Waals surface area contributed by atoms with E-state index in [1.807, 2.05) is 66.7 Å². The van der Waals surface area contributed by atoms with E-state index in [1.54, 1.807) is 0 Å². The zero-order chi connectivity index (χ0) is 17.2. The maximum Gasteiger partial charge on any atom is 0.150 e. The van der Waals surface area contributed by atoms with Crippen LogP contribution < -0.4 is 4.74 Å². The van der Waals surface area contributed by atoms with Crippen molar-refractivity contribution in [2.75, 3.05) is 0 Å². The number of carbonyl (C=O) groups is 1. The molecule has 0 amide bonds. The van der Waals surface area contributed by atoms with Gasteiger partial charge in [-0.3, -0.25) is 4.79 Å². The van der Waals surface area contributed by atoms with E-state index < -0.39 is 0 Å². The highest BCUT2D eigenvalue weighted by molar-refractivity contribution is 5.91. The lowest BCUT2D eigenvalue weighted by Gasteiger charge is -2.29. The number of hydrogen-bond acceptors (Lipinski definition) is 2. The molecule has 4 rings (SSSR count). The molecule has 122 valence electrons. The Bertz CT molecular complexity index is 955. The SMILES string of the molecule is Cc1ccccc1C1C(C=O)=C(c2ccccc2)Oc2ccccc21. The molecule has 1 unspecified atom stereocenters. The topological polar surface area (TPSA) is 26.3 Å². The molecule has 0 bridgehead atoms. The van der Waals surface area contributed by atoms with Gasteiger partial charge in [0, 0.05) is 22.6 Å². The summed E-state index contributed by atoms with van der Waals surface area (Å²) in [6.07, 6.45) is 0.940. The standard InChI is InChI=1S/C23H18O2/c1-16-9-5-6-12-18(16)22-19-13-7-8-14-21(19)25-23(20(22)15-24)17-10-3-2-4-11-17/h2-15,22H,1H3. The molecule has 0 aliphatic carbocycles. The number of ether oxygens (including phenoxy) is 1. The molecule has 0 fully saturated rings. The van der Waals surface area contributed by atoms with Crippen molar-refractivity contribution in [3.63, 3.8) is 0 Å². The molecule has 1 aliphatic heterocycles. The molecule has 1 atom stereocenters. The van der Waals surface area contributed by atoms with Crippen molar-refractivity contribution < 1.29 is 9.53 Å². The first-order valence-corrected chi connectivity index (χ1v) is 8.36. The van der Waals surface area contributed by atoms with E-state index in [2.05, 4.69) is 19.1 Å². The minimum atomic E-state index is -0.126. The van der Waals surface area contributed by atoms with Crippen molar-refractivity contribution >= 4 is 12.0 Å². The average molecular weight is 326 g/mol. The van der Waals surface area contributed by atoms with Gasteiger partial charge in [0.05, 0.1) is 0 Å².